The predicted octanol–water partition coefficient (Wildman–Crippen LogP) is 3.64. The minimum Gasteiger partial charge on any atom is -0.496 e. The average molecular weight is 529 g/mol. The van der Waals surface area contributed by atoms with Gasteiger partial charge in [-0.2, -0.15) is 0 Å². The smallest absolute Gasteiger partial charge is 0.191 e. The van der Waals surface area contributed by atoms with E-state index in [0.717, 1.165) is 28.4 Å². The summed E-state index contributed by atoms with van der Waals surface area (Å²) in [6, 6.07) is 11.7. The molecule has 0 unspecified atom stereocenters. The van der Waals surface area contributed by atoms with E-state index in [9.17, 15) is 0 Å². The number of guanidine groups is 1. The van der Waals surface area contributed by atoms with Gasteiger partial charge in [-0.1, -0.05) is 18.2 Å². The molecule has 0 fully saturated rings. The van der Waals surface area contributed by atoms with E-state index in [-0.39, 0.29) is 24.0 Å². The fourth-order valence-electron chi connectivity index (χ4n) is 2.98. The molecule has 7 nitrogen and oxygen atoms in total. The Hall–Kier alpha value is -2.36. The molecular weight excluding hydrogens is 497 g/mol. The van der Waals surface area contributed by atoms with Crippen LogP contribution < -0.4 is 29.6 Å². The van der Waals surface area contributed by atoms with Crippen molar-refractivity contribution in [2.24, 2.45) is 4.99 Å². The number of para-hydroxylation sites is 1. The molecule has 0 radical (unpaired) electrons. The number of hydrogen-bond acceptors (Lipinski definition) is 5. The Balaban J connectivity index is 0.00000450. The maximum atomic E-state index is 5.67. The molecule has 0 aliphatic rings. The number of methoxy groups -OCH3 is 3. The number of aliphatic imine (C=N–C) groups is 1. The van der Waals surface area contributed by atoms with Crippen molar-refractivity contribution in [1.29, 1.82) is 0 Å². The summed E-state index contributed by atoms with van der Waals surface area (Å²) >= 11 is 0. The Labute approximate surface area is 196 Å². The van der Waals surface area contributed by atoms with Crippen LogP contribution in [-0.2, 0) is 13.0 Å². The van der Waals surface area contributed by atoms with Crippen LogP contribution in [0, 0.1) is 0 Å². The lowest BCUT2D eigenvalue weighted by atomic mass is 10.1. The van der Waals surface area contributed by atoms with Crippen LogP contribution in [0.2, 0.25) is 0 Å². The van der Waals surface area contributed by atoms with Gasteiger partial charge in [0.25, 0.3) is 0 Å². The standard InChI is InChI=1S/C22H31N3O4.HI/c1-6-29-19-10-8-7-9-16(19)15-25-22(23-2)24-12-11-18-20(27-4)13-17(26-3)14-21(18)28-5;/h7-10,13-14H,6,11-12,15H2,1-5H3,(H2,23,24,25);1H. The van der Waals surface area contributed by atoms with Crippen LogP contribution in [0.1, 0.15) is 18.1 Å². The highest BCUT2D eigenvalue weighted by molar-refractivity contribution is 14.0. The number of benzene rings is 2. The Morgan fingerprint density at radius 1 is 0.933 bits per heavy atom. The maximum absolute atomic E-state index is 5.67. The van der Waals surface area contributed by atoms with Crippen molar-refractivity contribution in [2.45, 2.75) is 19.9 Å². The third kappa shape index (κ3) is 7.16. The van der Waals surface area contributed by atoms with Gasteiger partial charge in [-0.05, 0) is 19.4 Å². The predicted molar refractivity (Wildman–Crippen MR) is 131 cm³/mol. The molecule has 0 saturated carbocycles. The quantitative estimate of drug-likeness (QED) is 0.278. The highest BCUT2D eigenvalue weighted by atomic mass is 127. The topological polar surface area (TPSA) is 73.3 Å². The monoisotopic (exact) mass is 529 g/mol. The number of nitrogens with zero attached hydrogens (tertiary/aromatic N) is 1. The molecule has 0 aromatic heterocycles. The van der Waals surface area contributed by atoms with Gasteiger partial charge in [-0.25, -0.2) is 0 Å². The second kappa shape index (κ2) is 13.8. The normalized spacial score (nSPS) is 10.6. The van der Waals surface area contributed by atoms with Crippen LogP contribution in [0.15, 0.2) is 41.4 Å². The molecular formula is C22H32IN3O4. The third-order valence-corrected chi connectivity index (χ3v) is 4.43. The molecule has 0 atom stereocenters. The first kappa shape index (κ1) is 25.7. The zero-order valence-electron chi connectivity index (χ0n) is 18.3. The molecule has 0 aliphatic heterocycles. The van der Waals surface area contributed by atoms with Crippen molar-refractivity contribution in [1.82, 2.24) is 10.6 Å². The lowest BCUT2D eigenvalue weighted by Gasteiger charge is -2.17. The van der Waals surface area contributed by atoms with Gasteiger partial charge in [0.15, 0.2) is 5.96 Å². The Morgan fingerprint density at radius 2 is 1.60 bits per heavy atom. The Morgan fingerprint density at radius 3 is 2.17 bits per heavy atom. The minimum atomic E-state index is 0. The van der Waals surface area contributed by atoms with Gasteiger partial charge in [0.05, 0.1) is 27.9 Å². The molecule has 0 spiro atoms. The summed E-state index contributed by atoms with van der Waals surface area (Å²) in [5, 5.41) is 6.65. The van der Waals surface area contributed by atoms with E-state index in [4.69, 9.17) is 18.9 Å². The summed E-state index contributed by atoms with van der Waals surface area (Å²) in [5.41, 5.74) is 2.05. The number of rotatable bonds is 10. The molecule has 30 heavy (non-hydrogen) atoms. The van der Waals surface area contributed by atoms with Crippen LogP contribution in [0.5, 0.6) is 23.0 Å². The summed E-state index contributed by atoms with van der Waals surface area (Å²) in [4.78, 5) is 4.29. The maximum Gasteiger partial charge on any atom is 0.191 e. The zero-order valence-corrected chi connectivity index (χ0v) is 20.6. The van der Waals surface area contributed by atoms with E-state index < -0.39 is 0 Å². The molecule has 0 bridgehead atoms. The molecule has 0 heterocycles. The van der Waals surface area contributed by atoms with E-state index in [2.05, 4.69) is 15.6 Å². The molecule has 2 aromatic carbocycles. The van der Waals surface area contributed by atoms with Gasteiger partial charge in [0.2, 0.25) is 0 Å². The molecule has 2 N–H and O–H groups in total. The lowest BCUT2D eigenvalue weighted by molar-refractivity contribution is 0.336. The van der Waals surface area contributed by atoms with Gasteiger partial charge in [0, 0.05) is 43.4 Å². The van der Waals surface area contributed by atoms with E-state index >= 15 is 0 Å². The van der Waals surface area contributed by atoms with Crippen molar-refractivity contribution in [3.05, 3.63) is 47.5 Å². The molecule has 0 saturated heterocycles. The summed E-state index contributed by atoms with van der Waals surface area (Å²) in [7, 11) is 6.65. The van der Waals surface area contributed by atoms with Gasteiger partial charge < -0.3 is 29.6 Å². The average Bonchev–Trinajstić information content (AvgIpc) is 2.76. The Bertz CT molecular complexity index is 790. The van der Waals surface area contributed by atoms with Crippen LogP contribution in [0.3, 0.4) is 0 Å². The van der Waals surface area contributed by atoms with Gasteiger partial charge in [-0.3, -0.25) is 4.99 Å². The van der Waals surface area contributed by atoms with Crippen molar-refractivity contribution in [3.63, 3.8) is 0 Å². The Kier molecular flexibility index (Phi) is 11.8. The minimum absolute atomic E-state index is 0. The summed E-state index contributed by atoms with van der Waals surface area (Å²) in [6.07, 6.45) is 0.701. The molecule has 0 amide bonds. The van der Waals surface area contributed by atoms with Crippen molar-refractivity contribution >= 4 is 29.9 Å². The van der Waals surface area contributed by atoms with Crippen molar-refractivity contribution < 1.29 is 18.9 Å². The molecule has 8 heteroatoms. The van der Waals surface area contributed by atoms with Gasteiger partial charge in [-0.15, -0.1) is 24.0 Å². The fraction of sp³-hybridized carbons (Fsp3) is 0.409. The van der Waals surface area contributed by atoms with Crippen molar-refractivity contribution in [2.75, 3.05) is 41.5 Å². The summed E-state index contributed by atoms with van der Waals surface area (Å²) < 4.78 is 22.0. The van der Waals surface area contributed by atoms with E-state index in [0.29, 0.717) is 37.8 Å². The number of hydrogen-bond donors (Lipinski definition) is 2. The SMILES string of the molecule is CCOc1ccccc1CNC(=NC)NCCc1c(OC)cc(OC)cc1OC.I. The molecule has 2 aromatic rings. The van der Waals surface area contributed by atoms with E-state index in [1.54, 1.807) is 28.4 Å². The summed E-state index contributed by atoms with van der Waals surface area (Å²) in [6.45, 7) is 3.89. The highest BCUT2D eigenvalue weighted by Crippen LogP contribution is 2.34. The van der Waals surface area contributed by atoms with E-state index in [1.165, 1.54) is 0 Å². The number of nitrogens with one attached hydrogen (secondary N) is 2. The van der Waals surface area contributed by atoms with Crippen LogP contribution in [0.4, 0.5) is 0 Å². The summed E-state index contributed by atoms with van der Waals surface area (Å²) in [5.74, 6) is 3.75. The first-order chi connectivity index (χ1) is 14.2. The molecule has 0 aliphatic carbocycles. The first-order valence-electron chi connectivity index (χ1n) is 9.60. The number of halogens is 1. The molecule has 2 rings (SSSR count). The fourth-order valence-corrected chi connectivity index (χ4v) is 2.98. The zero-order chi connectivity index (χ0) is 21.1. The van der Waals surface area contributed by atoms with Gasteiger partial charge >= 0.3 is 0 Å². The van der Waals surface area contributed by atoms with Crippen LogP contribution >= 0.6 is 24.0 Å². The van der Waals surface area contributed by atoms with Crippen LogP contribution in [0.25, 0.3) is 0 Å². The van der Waals surface area contributed by atoms with Crippen LogP contribution in [-0.4, -0.2) is 47.5 Å². The second-order valence-electron chi connectivity index (χ2n) is 6.15. The first-order valence-corrected chi connectivity index (χ1v) is 9.60. The van der Waals surface area contributed by atoms with Crippen molar-refractivity contribution in [3.8, 4) is 23.0 Å². The van der Waals surface area contributed by atoms with Gasteiger partial charge in [0.1, 0.15) is 23.0 Å². The van der Waals surface area contributed by atoms with E-state index in [1.807, 2.05) is 43.3 Å². The third-order valence-electron chi connectivity index (χ3n) is 4.43. The number of ether oxygens (including phenoxy) is 4. The second-order valence-corrected chi connectivity index (χ2v) is 6.15. The molecule has 166 valence electrons. The lowest BCUT2D eigenvalue weighted by Crippen LogP contribution is -2.38. The highest BCUT2D eigenvalue weighted by Gasteiger charge is 2.13. The largest absolute Gasteiger partial charge is 0.496 e.